The van der Waals surface area contributed by atoms with Crippen LogP contribution in [-0.4, -0.2) is 37.1 Å². The molecule has 0 spiro atoms. The van der Waals surface area contributed by atoms with Crippen molar-refractivity contribution in [2.75, 3.05) is 13.2 Å². The van der Waals surface area contributed by atoms with E-state index in [0.717, 1.165) is 0 Å². The SMILES string of the molecule is O=C([O-])c1ccccc1C(=O)OCCOC(=O)c1ccccc1C(=O)[O-].[Na+].[Na+]. The molecule has 2 aromatic carbocycles. The molecule has 28 heavy (non-hydrogen) atoms. The largest absolute Gasteiger partial charge is 1.00 e. The third-order valence-corrected chi connectivity index (χ3v) is 3.28. The summed E-state index contributed by atoms with van der Waals surface area (Å²) in [5, 5.41) is 21.9. The predicted octanol–water partition coefficient (Wildman–Crippen LogP) is -6.56. The third-order valence-electron chi connectivity index (χ3n) is 3.28. The maximum absolute atomic E-state index is 11.9. The molecule has 0 radical (unpaired) electrons. The average Bonchev–Trinajstić information content (AvgIpc) is 2.64. The molecule has 0 bridgehead atoms. The number of carboxylic acid groups (broad SMARTS) is 2. The maximum atomic E-state index is 11.9. The first kappa shape index (κ1) is 26.3. The quantitative estimate of drug-likeness (QED) is 0.254. The molecule has 134 valence electrons. The van der Waals surface area contributed by atoms with Gasteiger partial charge in [-0.2, -0.15) is 0 Å². The van der Waals surface area contributed by atoms with Crippen LogP contribution in [0.15, 0.2) is 48.5 Å². The fraction of sp³-hybridized carbons (Fsp3) is 0.111. The van der Waals surface area contributed by atoms with Crippen LogP contribution in [0.1, 0.15) is 41.4 Å². The Bertz CT molecular complexity index is 795. The van der Waals surface area contributed by atoms with Crippen LogP contribution < -0.4 is 69.3 Å². The fourth-order valence-electron chi connectivity index (χ4n) is 2.10. The van der Waals surface area contributed by atoms with Gasteiger partial charge in [0.1, 0.15) is 13.2 Å². The van der Waals surface area contributed by atoms with Gasteiger partial charge in [-0.3, -0.25) is 0 Å². The van der Waals surface area contributed by atoms with E-state index in [1.54, 1.807) is 0 Å². The Morgan fingerprint density at radius 2 is 0.893 bits per heavy atom. The summed E-state index contributed by atoms with van der Waals surface area (Å²) >= 11 is 0. The van der Waals surface area contributed by atoms with Gasteiger partial charge in [-0.15, -0.1) is 0 Å². The number of carbonyl (C=O) groups excluding carboxylic acids is 4. The molecule has 8 nitrogen and oxygen atoms in total. The van der Waals surface area contributed by atoms with Gasteiger partial charge in [0.15, 0.2) is 0 Å². The molecule has 10 heteroatoms. The number of benzene rings is 2. The van der Waals surface area contributed by atoms with Crippen molar-refractivity contribution in [1.29, 1.82) is 0 Å². The summed E-state index contributed by atoms with van der Waals surface area (Å²) in [7, 11) is 0. The number of carboxylic acids is 2. The average molecular weight is 402 g/mol. The van der Waals surface area contributed by atoms with Crippen LogP contribution in [0.3, 0.4) is 0 Å². The van der Waals surface area contributed by atoms with Crippen molar-refractivity contribution < 1.29 is 98.0 Å². The van der Waals surface area contributed by atoms with E-state index in [-0.39, 0.29) is 94.6 Å². The molecule has 0 heterocycles. The van der Waals surface area contributed by atoms with Crippen LogP contribution in [-0.2, 0) is 9.47 Å². The molecule has 2 rings (SSSR count). The zero-order valence-electron chi connectivity index (χ0n) is 15.3. The number of ether oxygens (including phenoxy) is 2. The molecule has 0 atom stereocenters. The maximum Gasteiger partial charge on any atom is 1.00 e. The van der Waals surface area contributed by atoms with E-state index in [1.165, 1.54) is 48.5 Å². The van der Waals surface area contributed by atoms with E-state index in [1.807, 2.05) is 0 Å². The molecule has 0 aromatic heterocycles. The van der Waals surface area contributed by atoms with E-state index in [0.29, 0.717) is 0 Å². The first-order chi connectivity index (χ1) is 12.4. The summed E-state index contributed by atoms with van der Waals surface area (Å²) in [5.74, 6) is -4.89. The van der Waals surface area contributed by atoms with Gasteiger partial charge >= 0.3 is 71.1 Å². The number of esters is 2. The van der Waals surface area contributed by atoms with Crippen molar-refractivity contribution in [3.05, 3.63) is 70.8 Å². The van der Waals surface area contributed by atoms with E-state index in [4.69, 9.17) is 9.47 Å². The molecular weight excluding hydrogens is 390 g/mol. The van der Waals surface area contributed by atoms with Crippen LogP contribution in [0.4, 0.5) is 0 Å². The van der Waals surface area contributed by atoms with Crippen LogP contribution in [0.25, 0.3) is 0 Å². The summed E-state index contributed by atoms with van der Waals surface area (Å²) in [6, 6.07) is 10.7. The van der Waals surface area contributed by atoms with Crippen molar-refractivity contribution in [3.63, 3.8) is 0 Å². The Hall–Kier alpha value is -1.68. The molecule has 0 saturated heterocycles. The standard InChI is InChI=1S/C18H14O8.2Na/c19-15(20)11-5-1-3-7-13(11)17(23)25-9-10-26-18(24)14-8-4-2-6-12(14)16(21)22;;/h1-8H,9-10H2,(H,19,20)(H,21,22);;/q;2*+1/p-2. The van der Waals surface area contributed by atoms with Crippen LogP contribution in [0.5, 0.6) is 0 Å². The minimum Gasteiger partial charge on any atom is -0.545 e. The van der Waals surface area contributed by atoms with Crippen LogP contribution in [0.2, 0.25) is 0 Å². The van der Waals surface area contributed by atoms with Gasteiger partial charge in [0.05, 0.1) is 23.1 Å². The number of aromatic carboxylic acids is 2. The Balaban J connectivity index is 0.00000364. The van der Waals surface area contributed by atoms with Crippen molar-refractivity contribution in [1.82, 2.24) is 0 Å². The molecule has 2 aromatic rings. The summed E-state index contributed by atoms with van der Waals surface area (Å²) < 4.78 is 9.69. The molecule has 0 aliphatic carbocycles. The normalized spacial score (nSPS) is 9.29. The minimum atomic E-state index is -1.53. The van der Waals surface area contributed by atoms with Gasteiger partial charge in [0.2, 0.25) is 0 Å². The molecule has 0 N–H and O–H groups in total. The van der Waals surface area contributed by atoms with Gasteiger partial charge in [0, 0.05) is 11.1 Å². The summed E-state index contributed by atoms with van der Waals surface area (Å²) in [4.78, 5) is 45.7. The van der Waals surface area contributed by atoms with Gasteiger partial charge in [0.25, 0.3) is 0 Å². The van der Waals surface area contributed by atoms with Crippen molar-refractivity contribution in [3.8, 4) is 0 Å². The number of carbonyl (C=O) groups is 4. The molecule has 0 aliphatic rings. The van der Waals surface area contributed by atoms with E-state index in [9.17, 15) is 29.4 Å². The summed E-state index contributed by atoms with van der Waals surface area (Å²) in [6.45, 7) is -0.696. The third kappa shape index (κ3) is 7.05. The molecule has 0 unspecified atom stereocenters. The van der Waals surface area contributed by atoms with Crippen molar-refractivity contribution in [2.45, 2.75) is 0 Å². The van der Waals surface area contributed by atoms with Crippen LogP contribution in [0, 0.1) is 0 Å². The van der Waals surface area contributed by atoms with Gasteiger partial charge in [-0.25, -0.2) is 9.59 Å². The summed E-state index contributed by atoms with van der Waals surface area (Å²) in [6.07, 6.45) is 0. The van der Waals surface area contributed by atoms with E-state index >= 15 is 0 Å². The Morgan fingerprint density at radius 1 is 0.607 bits per heavy atom. The molecule has 0 aliphatic heterocycles. The Morgan fingerprint density at radius 3 is 1.18 bits per heavy atom. The predicted molar refractivity (Wildman–Crippen MR) is 82.1 cm³/mol. The minimum absolute atomic E-state index is 0. The molecule has 0 amide bonds. The van der Waals surface area contributed by atoms with E-state index in [2.05, 4.69) is 0 Å². The Labute approximate surface area is 204 Å². The van der Waals surface area contributed by atoms with Crippen molar-refractivity contribution in [2.24, 2.45) is 0 Å². The van der Waals surface area contributed by atoms with Crippen molar-refractivity contribution >= 4 is 23.9 Å². The second kappa shape index (κ2) is 12.7. The molecular formula is C18H12Na2O8. The first-order valence-electron chi connectivity index (χ1n) is 7.37. The van der Waals surface area contributed by atoms with Crippen LogP contribution >= 0.6 is 0 Å². The first-order valence-corrected chi connectivity index (χ1v) is 7.37. The fourth-order valence-corrected chi connectivity index (χ4v) is 2.10. The number of rotatable bonds is 7. The van der Waals surface area contributed by atoms with E-state index < -0.39 is 23.9 Å². The topological polar surface area (TPSA) is 133 Å². The Kier molecular flexibility index (Phi) is 12.0. The second-order valence-corrected chi connectivity index (χ2v) is 4.94. The zero-order valence-corrected chi connectivity index (χ0v) is 19.3. The molecule has 0 saturated carbocycles. The zero-order chi connectivity index (χ0) is 19.1. The second-order valence-electron chi connectivity index (χ2n) is 4.94. The summed E-state index contributed by atoms with van der Waals surface area (Å²) in [5.41, 5.74) is -1.03. The van der Waals surface area contributed by atoms with Gasteiger partial charge in [-0.05, 0) is 12.1 Å². The number of hydrogen-bond acceptors (Lipinski definition) is 8. The molecule has 0 fully saturated rings. The monoisotopic (exact) mass is 402 g/mol. The van der Waals surface area contributed by atoms with Gasteiger partial charge in [-0.1, -0.05) is 36.4 Å². The number of hydrogen-bond donors (Lipinski definition) is 0. The van der Waals surface area contributed by atoms with Gasteiger partial charge < -0.3 is 29.3 Å². The smallest absolute Gasteiger partial charge is 0.545 e.